The molecule has 1 aliphatic rings. The van der Waals surface area contributed by atoms with Crippen LogP contribution in [0.15, 0.2) is 48.5 Å². The molecule has 0 aliphatic heterocycles. The second-order valence-corrected chi connectivity index (χ2v) is 7.33. The van der Waals surface area contributed by atoms with Crippen molar-refractivity contribution in [2.24, 2.45) is 5.41 Å². The van der Waals surface area contributed by atoms with E-state index in [0.29, 0.717) is 0 Å². The number of alkyl halides is 2. The molecule has 0 radical (unpaired) electrons. The maximum absolute atomic E-state index is 12.1. The van der Waals surface area contributed by atoms with Crippen LogP contribution in [0.2, 0.25) is 0 Å². The molecule has 2 aromatic rings. The van der Waals surface area contributed by atoms with Gasteiger partial charge in [0.1, 0.15) is 0 Å². The van der Waals surface area contributed by atoms with E-state index in [2.05, 4.69) is 23.6 Å². The average Bonchev–Trinajstić information content (AvgIpc) is 2.99. The van der Waals surface area contributed by atoms with Gasteiger partial charge in [-0.25, -0.2) is 4.79 Å². The van der Waals surface area contributed by atoms with E-state index in [-0.39, 0.29) is 16.9 Å². The van der Waals surface area contributed by atoms with Gasteiger partial charge in [0.2, 0.25) is 0 Å². The van der Waals surface area contributed by atoms with Crippen LogP contribution in [0.1, 0.15) is 54.9 Å². The van der Waals surface area contributed by atoms with E-state index in [1.807, 2.05) is 36.4 Å². The molecule has 5 heteroatoms. The highest BCUT2D eigenvalue weighted by atomic mass is 19.3. The second kappa shape index (κ2) is 7.54. The lowest BCUT2D eigenvalue weighted by molar-refractivity contribution is -0.343. The molecule has 0 amide bonds. The van der Waals surface area contributed by atoms with Crippen molar-refractivity contribution >= 4 is 5.97 Å². The van der Waals surface area contributed by atoms with Gasteiger partial charge in [0.15, 0.2) is 0 Å². The zero-order chi connectivity index (χ0) is 18.7. The smallest absolute Gasteiger partial charge is 0.287 e. The first-order valence-corrected chi connectivity index (χ1v) is 8.73. The standard InChI is InChI=1S/C21H22F2O3/c1-21(2)12-6-9-18(21)17-13-15(19(24)25-26-20(22)23)10-11-16(17)14-7-4-3-5-8-14/h3-5,7-8,10-11,13,18,20H,6,9,12H2,1-2H3. The highest BCUT2D eigenvalue weighted by Gasteiger charge is 2.37. The van der Waals surface area contributed by atoms with Gasteiger partial charge in [-0.2, -0.15) is 8.78 Å². The minimum absolute atomic E-state index is 0.103. The summed E-state index contributed by atoms with van der Waals surface area (Å²) >= 11 is 0. The monoisotopic (exact) mass is 360 g/mol. The second-order valence-electron chi connectivity index (χ2n) is 7.33. The quantitative estimate of drug-likeness (QED) is 0.488. The van der Waals surface area contributed by atoms with Crippen molar-refractivity contribution in [3.05, 3.63) is 59.7 Å². The van der Waals surface area contributed by atoms with Crippen molar-refractivity contribution < 1.29 is 23.4 Å². The Morgan fingerprint density at radius 3 is 2.50 bits per heavy atom. The zero-order valence-corrected chi connectivity index (χ0v) is 14.9. The molecule has 1 atom stereocenters. The average molecular weight is 360 g/mol. The van der Waals surface area contributed by atoms with Crippen molar-refractivity contribution in [2.45, 2.75) is 45.6 Å². The predicted octanol–water partition coefficient (Wildman–Crippen LogP) is 5.96. The first kappa shape index (κ1) is 18.5. The Morgan fingerprint density at radius 1 is 1.15 bits per heavy atom. The van der Waals surface area contributed by atoms with Crippen molar-refractivity contribution in [2.75, 3.05) is 0 Å². The number of halogens is 2. The molecule has 1 fully saturated rings. The normalized spacial score (nSPS) is 18.9. The summed E-state index contributed by atoms with van der Waals surface area (Å²) in [5.74, 6) is -0.636. The third kappa shape index (κ3) is 3.93. The number of rotatable bonds is 5. The van der Waals surface area contributed by atoms with E-state index in [4.69, 9.17) is 0 Å². The van der Waals surface area contributed by atoms with Gasteiger partial charge in [0.05, 0.1) is 5.56 Å². The van der Waals surface area contributed by atoms with Crippen molar-refractivity contribution in [3.63, 3.8) is 0 Å². The van der Waals surface area contributed by atoms with Crippen LogP contribution in [0.25, 0.3) is 11.1 Å². The predicted molar refractivity (Wildman–Crippen MR) is 94.8 cm³/mol. The summed E-state index contributed by atoms with van der Waals surface area (Å²) in [6.45, 7) is 1.30. The highest BCUT2D eigenvalue weighted by Crippen LogP contribution is 2.51. The first-order valence-electron chi connectivity index (χ1n) is 8.73. The van der Waals surface area contributed by atoms with Crippen LogP contribution < -0.4 is 0 Å². The Kier molecular flexibility index (Phi) is 5.37. The van der Waals surface area contributed by atoms with Crippen LogP contribution in [-0.4, -0.2) is 12.6 Å². The van der Waals surface area contributed by atoms with Gasteiger partial charge in [-0.3, -0.25) is 4.89 Å². The van der Waals surface area contributed by atoms with E-state index >= 15 is 0 Å². The number of hydrogen-bond acceptors (Lipinski definition) is 3. The molecule has 26 heavy (non-hydrogen) atoms. The van der Waals surface area contributed by atoms with E-state index in [9.17, 15) is 13.6 Å². The highest BCUT2D eigenvalue weighted by molar-refractivity contribution is 5.90. The van der Waals surface area contributed by atoms with Crippen LogP contribution in [0, 0.1) is 5.41 Å². The van der Waals surface area contributed by atoms with Crippen LogP contribution in [0.3, 0.4) is 0 Å². The van der Waals surface area contributed by atoms with E-state index in [1.165, 1.54) is 0 Å². The van der Waals surface area contributed by atoms with Gasteiger partial charge in [-0.15, -0.1) is 4.89 Å². The maximum atomic E-state index is 12.1. The van der Waals surface area contributed by atoms with Gasteiger partial charge in [-0.05, 0) is 53.0 Å². The molecule has 1 unspecified atom stereocenters. The molecule has 0 saturated heterocycles. The van der Waals surface area contributed by atoms with Crippen molar-refractivity contribution in [1.29, 1.82) is 0 Å². The number of carbonyl (C=O) groups is 1. The molecule has 3 rings (SSSR count). The fraction of sp³-hybridized carbons (Fsp3) is 0.381. The lowest BCUT2D eigenvalue weighted by Gasteiger charge is -2.29. The molecule has 0 bridgehead atoms. The molecule has 3 nitrogen and oxygen atoms in total. The molecule has 2 aromatic carbocycles. The van der Waals surface area contributed by atoms with Gasteiger partial charge in [0, 0.05) is 0 Å². The molecular formula is C21H22F2O3. The summed E-state index contributed by atoms with van der Waals surface area (Å²) < 4.78 is 24.2. The molecular weight excluding hydrogens is 338 g/mol. The number of benzene rings is 2. The van der Waals surface area contributed by atoms with E-state index in [1.54, 1.807) is 12.1 Å². The lowest BCUT2D eigenvalue weighted by Crippen LogP contribution is -2.17. The van der Waals surface area contributed by atoms with Gasteiger partial charge < -0.3 is 0 Å². The summed E-state index contributed by atoms with van der Waals surface area (Å²) in [5.41, 5.74) is 3.48. The molecule has 0 N–H and O–H groups in total. The lowest BCUT2D eigenvalue weighted by atomic mass is 9.75. The topological polar surface area (TPSA) is 35.5 Å². The molecule has 1 aliphatic carbocycles. The summed E-state index contributed by atoms with van der Waals surface area (Å²) in [4.78, 5) is 20.0. The van der Waals surface area contributed by atoms with Gasteiger partial charge in [0.25, 0.3) is 0 Å². The summed E-state index contributed by atoms with van der Waals surface area (Å²) in [6.07, 6.45) is 3.25. The molecule has 0 aromatic heterocycles. The van der Waals surface area contributed by atoms with Crippen LogP contribution in [0.4, 0.5) is 8.78 Å². The Labute approximate surface area is 151 Å². The van der Waals surface area contributed by atoms with Crippen molar-refractivity contribution in [3.8, 4) is 11.1 Å². The third-order valence-corrected chi connectivity index (χ3v) is 5.20. The van der Waals surface area contributed by atoms with Gasteiger partial charge >= 0.3 is 12.6 Å². The number of carbonyl (C=O) groups excluding carboxylic acids is 1. The minimum atomic E-state index is -3.16. The van der Waals surface area contributed by atoms with Crippen molar-refractivity contribution in [1.82, 2.24) is 0 Å². The van der Waals surface area contributed by atoms with Gasteiger partial charge in [-0.1, -0.05) is 56.7 Å². The van der Waals surface area contributed by atoms with E-state index < -0.39 is 12.6 Å². The Bertz CT molecular complexity index is 772. The van der Waals surface area contributed by atoms with E-state index in [0.717, 1.165) is 36.0 Å². The zero-order valence-electron chi connectivity index (χ0n) is 14.9. The Hall–Kier alpha value is -2.27. The summed E-state index contributed by atoms with van der Waals surface area (Å²) in [5, 5.41) is 0. The third-order valence-electron chi connectivity index (χ3n) is 5.20. The summed E-state index contributed by atoms with van der Waals surface area (Å²) in [7, 11) is 0. The Balaban J connectivity index is 2.02. The van der Waals surface area contributed by atoms with Crippen LogP contribution in [-0.2, 0) is 9.78 Å². The largest absolute Gasteiger partial charge is 0.381 e. The van der Waals surface area contributed by atoms with Crippen LogP contribution in [0.5, 0.6) is 0 Å². The van der Waals surface area contributed by atoms with Crippen LogP contribution >= 0.6 is 0 Å². The maximum Gasteiger partial charge on any atom is 0.381 e. The molecule has 138 valence electrons. The fourth-order valence-corrected chi connectivity index (χ4v) is 3.89. The minimum Gasteiger partial charge on any atom is -0.287 e. The number of hydrogen-bond donors (Lipinski definition) is 0. The Morgan fingerprint density at radius 2 is 1.88 bits per heavy atom. The molecule has 0 spiro atoms. The fourth-order valence-electron chi connectivity index (χ4n) is 3.89. The molecule has 1 saturated carbocycles. The first-order chi connectivity index (χ1) is 12.4. The summed E-state index contributed by atoms with van der Waals surface area (Å²) in [6, 6.07) is 15.2. The molecule has 0 heterocycles. The SMILES string of the molecule is CC1(C)CCCC1c1cc(C(=O)OOC(F)F)ccc1-c1ccccc1.